The summed E-state index contributed by atoms with van der Waals surface area (Å²) in [7, 11) is 0. The second kappa shape index (κ2) is 15.6. The minimum Gasteiger partial charge on any atom is -0.481 e. The lowest BCUT2D eigenvalue weighted by Crippen LogP contribution is -2.58. The molecule has 4 atom stereocenters. The first-order chi connectivity index (χ1) is 15.8. The van der Waals surface area contributed by atoms with Crippen LogP contribution in [0.3, 0.4) is 0 Å². The van der Waals surface area contributed by atoms with E-state index in [1.54, 1.807) is 13.8 Å². The lowest BCUT2D eigenvalue weighted by Gasteiger charge is -2.26. The number of rotatable bonds is 16. The highest BCUT2D eigenvalue weighted by Gasteiger charge is 2.31. The number of hydrogen-bond donors (Lipinski definition) is 8. The molecule has 14 heteroatoms. The van der Waals surface area contributed by atoms with Crippen LogP contribution < -0.4 is 32.7 Å². The van der Waals surface area contributed by atoms with Crippen LogP contribution in [0, 0.1) is 5.92 Å². The lowest BCUT2D eigenvalue weighted by molar-refractivity contribution is -0.140. The van der Waals surface area contributed by atoms with E-state index in [0.717, 1.165) is 0 Å². The number of nitrogens with two attached hydrogens (primary N) is 2. The van der Waals surface area contributed by atoms with Gasteiger partial charge in [-0.3, -0.25) is 28.8 Å². The molecule has 10 N–H and O–H groups in total. The van der Waals surface area contributed by atoms with Gasteiger partial charge >= 0.3 is 11.9 Å². The van der Waals surface area contributed by atoms with Crippen LogP contribution in [0.4, 0.5) is 0 Å². The molecule has 0 aliphatic rings. The molecule has 0 radical (unpaired) electrons. The molecule has 14 nitrogen and oxygen atoms in total. The molecular weight excluding hydrogens is 452 g/mol. The Balaban J connectivity index is 5.33. The zero-order valence-electron chi connectivity index (χ0n) is 19.6. The van der Waals surface area contributed by atoms with Crippen LogP contribution in [0.25, 0.3) is 0 Å². The van der Waals surface area contributed by atoms with Crippen molar-refractivity contribution in [1.82, 2.24) is 21.3 Å². The summed E-state index contributed by atoms with van der Waals surface area (Å²) in [4.78, 5) is 71.1. The van der Waals surface area contributed by atoms with Crippen molar-refractivity contribution >= 4 is 35.6 Å². The molecular formula is C20H36N6O8. The van der Waals surface area contributed by atoms with Gasteiger partial charge in [-0.25, -0.2) is 0 Å². The summed E-state index contributed by atoms with van der Waals surface area (Å²) in [6.45, 7) is 4.39. The summed E-state index contributed by atoms with van der Waals surface area (Å²) in [6, 6.07) is -4.61. The Morgan fingerprint density at radius 3 is 1.91 bits per heavy atom. The van der Waals surface area contributed by atoms with Crippen LogP contribution >= 0.6 is 0 Å². The molecule has 0 unspecified atom stereocenters. The molecule has 0 heterocycles. The fraction of sp³-hybridized carbons (Fsp3) is 0.700. The van der Waals surface area contributed by atoms with Crippen LogP contribution in [0.5, 0.6) is 0 Å². The standard InChI is InChI=1S/C20H36N6O8/c1-10(2)16(26-18(32)12(22)8-14(27)28)20(34)25-13(6-4-5-7-21)19(33)24-11(3)17(31)23-9-15(29)30/h10-13,16H,4-9,21-22H2,1-3H3,(H,23,31)(H,24,33)(H,25,34)(H,26,32)(H,27,28)(H,29,30)/t11-,12-,13-,16-/m0/s1. The van der Waals surface area contributed by atoms with Crippen molar-refractivity contribution in [1.29, 1.82) is 0 Å². The van der Waals surface area contributed by atoms with E-state index < -0.39 is 78.6 Å². The topological polar surface area (TPSA) is 243 Å². The van der Waals surface area contributed by atoms with Gasteiger partial charge in [0.1, 0.15) is 24.7 Å². The van der Waals surface area contributed by atoms with E-state index >= 15 is 0 Å². The summed E-state index contributed by atoms with van der Waals surface area (Å²) >= 11 is 0. The number of nitrogens with one attached hydrogen (secondary N) is 4. The van der Waals surface area contributed by atoms with Crippen molar-refractivity contribution in [3.05, 3.63) is 0 Å². The van der Waals surface area contributed by atoms with Gasteiger partial charge in [0, 0.05) is 0 Å². The Morgan fingerprint density at radius 1 is 0.794 bits per heavy atom. The zero-order valence-corrected chi connectivity index (χ0v) is 19.6. The predicted octanol–water partition coefficient (Wildman–Crippen LogP) is -2.75. The molecule has 0 rings (SSSR count). The van der Waals surface area contributed by atoms with Crippen molar-refractivity contribution in [2.24, 2.45) is 17.4 Å². The van der Waals surface area contributed by atoms with Gasteiger partial charge in [-0.2, -0.15) is 0 Å². The Hall–Kier alpha value is -3.26. The first-order valence-corrected chi connectivity index (χ1v) is 10.9. The fourth-order valence-corrected chi connectivity index (χ4v) is 2.79. The minimum absolute atomic E-state index is 0.190. The zero-order chi connectivity index (χ0) is 26.4. The van der Waals surface area contributed by atoms with E-state index in [-0.39, 0.29) is 6.42 Å². The highest BCUT2D eigenvalue weighted by Crippen LogP contribution is 2.07. The quantitative estimate of drug-likeness (QED) is 0.104. The summed E-state index contributed by atoms with van der Waals surface area (Å²) in [5.41, 5.74) is 11.0. The average molecular weight is 489 g/mol. The Labute approximate surface area is 197 Å². The van der Waals surface area contributed by atoms with Crippen LogP contribution in [0.2, 0.25) is 0 Å². The van der Waals surface area contributed by atoms with Crippen molar-refractivity contribution < 1.29 is 39.0 Å². The van der Waals surface area contributed by atoms with Crippen LogP contribution in [0.15, 0.2) is 0 Å². The molecule has 34 heavy (non-hydrogen) atoms. The largest absolute Gasteiger partial charge is 0.481 e. The first-order valence-electron chi connectivity index (χ1n) is 10.9. The number of carboxylic acid groups (broad SMARTS) is 2. The Kier molecular flexibility index (Phi) is 14.1. The molecule has 4 amide bonds. The van der Waals surface area contributed by atoms with Crippen molar-refractivity contribution in [2.45, 2.75) is 70.6 Å². The second-order valence-electron chi connectivity index (χ2n) is 8.12. The third-order valence-electron chi connectivity index (χ3n) is 4.72. The normalized spacial score (nSPS) is 14.3. The first kappa shape index (κ1) is 30.7. The Morgan fingerprint density at radius 2 is 1.41 bits per heavy atom. The van der Waals surface area contributed by atoms with E-state index in [0.29, 0.717) is 19.4 Å². The highest BCUT2D eigenvalue weighted by atomic mass is 16.4. The number of hydrogen-bond acceptors (Lipinski definition) is 8. The van der Waals surface area contributed by atoms with E-state index in [4.69, 9.17) is 21.7 Å². The van der Waals surface area contributed by atoms with Gasteiger partial charge < -0.3 is 42.9 Å². The smallest absolute Gasteiger partial charge is 0.322 e. The number of aliphatic carboxylic acids is 2. The van der Waals surface area contributed by atoms with Crippen LogP contribution in [-0.2, 0) is 28.8 Å². The predicted molar refractivity (Wildman–Crippen MR) is 120 cm³/mol. The number of carboxylic acids is 2. The molecule has 0 saturated carbocycles. The number of unbranched alkanes of at least 4 members (excludes halogenated alkanes) is 1. The second-order valence-corrected chi connectivity index (χ2v) is 8.12. The molecule has 0 bridgehead atoms. The van der Waals surface area contributed by atoms with Crippen molar-refractivity contribution in [2.75, 3.05) is 13.1 Å². The molecule has 0 aromatic carbocycles. The van der Waals surface area contributed by atoms with E-state index in [1.807, 2.05) is 0 Å². The molecule has 0 fully saturated rings. The molecule has 0 spiro atoms. The number of carbonyl (C=O) groups is 6. The van der Waals surface area contributed by atoms with Gasteiger partial charge in [0.2, 0.25) is 23.6 Å². The maximum absolute atomic E-state index is 12.9. The van der Waals surface area contributed by atoms with E-state index in [9.17, 15) is 28.8 Å². The summed E-state index contributed by atoms with van der Waals surface area (Å²) < 4.78 is 0. The fourth-order valence-electron chi connectivity index (χ4n) is 2.79. The van der Waals surface area contributed by atoms with Gasteiger partial charge in [0.05, 0.1) is 12.5 Å². The highest BCUT2D eigenvalue weighted by molar-refractivity contribution is 5.95. The molecule has 0 aliphatic carbocycles. The van der Waals surface area contributed by atoms with Gasteiger partial charge in [-0.1, -0.05) is 13.8 Å². The lowest BCUT2D eigenvalue weighted by atomic mass is 10.0. The van der Waals surface area contributed by atoms with Crippen molar-refractivity contribution in [3.63, 3.8) is 0 Å². The third-order valence-corrected chi connectivity index (χ3v) is 4.72. The summed E-state index contributed by atoms with van der Waals surface area (Å²) in [5.74, 6) is -5.86. The maximum atomic E-state index is 12.9. The van der Waals surface area contributed by atoms with Crippen LogP contribution in [-0.4, -0.2) is 83.0 Å². The molecule has 194 valence electrons. The minimum atomic E-state index is -1.36. The number of carbonyl (C=O) groups excluding carboxylic acids is 4. The molecule has 0 aromatic rings. The van der Waals surface area contributed by atoms with Crippen molar-refractivity contribution in [3.8, 4) is 0 Å². The number of amides is 4. The maximum Gasteiger partial charge on any atom is 0.322 e. The van der Waals surface area contributed by atoms with Gasteiger partial charge in [-0.15, -0.1) is 0 Å². The van der Waals surface area contributed by atoms with E-state index in [2.05, 4.69) is 21.3 Å². The molecule has 0 saturated heterocycles. The van der Waals surface area contributed by atoms with Gasteiger partial charge in [-0.05, 0) is 38.6 Å². The summed E-state index contributed by atoms with van der Waals surface area (Å²) in [5, 5.41) is 27.0. The van der Waals surface area contributed by atoms with Gasteiger partial charge in [0.25, 0.3) is 0 Å². The Bertz CT molecular complexity index is 745. The van der Waals surface area contributed by atoms with Crippen LogP contribution in [0.1, 0.15) is 46.5 Å². The molecule has 0 aromatic heterocycles. The van der Waals surface area contributed by atoms with Gasteiger partial charge in [0.15, 0.2) is 0 Å². The third kappa shape index (κ3) is 12.1. The average Bonchev–Trinajstić information content (AvgIpc) is 2.73. The molecule has 0 aliphatic heterocycles. The SMILES string of the molecule is CC(C)[C@H](NC(=O)[C@@H](N)CC(=O)O)C(=O)N[C@@H](CCCCN)C(=O)N[C@@H](C)C(=O)NCC(=O)O. The summed E-state index contributed by atoms with van der Waals surface area (Å²) in [6.07, 6.45) is 0.624. The monoisotopic (exact) mass is 488 g/mol. The van der Waals surface area contributed by atoms with E-state index in [1.165, 1.54) is 6.92 Å².